The number of nitrogens with one attached hydrogen (secondary N) is 2. The molecule has 7 heteroatoms. The summed E-state index contributed by atoms with van der Waals surface area (Å²) in [6, 6.07) is 10.9. The summed E-state index contributed by atoms with van der Waals surface area (Å²) in [7, 11) is 0. The van der Waals surface area contributed by atoms with Gasteiger partial charge in [-0.2, -0.15) is 0 Å². The first-order valence-corrected chi connectivity index (χ1v) is 9.53. The average Bonchev–Trinajstić information content (AvgIpc) is 3.25. The highest BCUT2D eigenvalue weighted by atomic mass is 32.1. The number of amides is 4. The number of carbonyl (C=O) groups excluding carboxylic acids is 3. The molecular weight excluding hydrogens is 350 g/mol. The Morgan fingerprint density at radius 1 is 1.19 bits per heavy atom. The normalized spacial score (nSPS) is 21.9. The van der Waals surface area contributed by atoms with Crippen LogP contribution in [0.5, 0.6) is 0 Å². The van der Waals surface area contributed by atoms with E-state index in [4.69, 9.17) is 0 Å². The largest absolute Gasteiger partial charge is 0.331 e. The number of hydrogen-bond donors (Lipinski definition) is 2. The lowest BCUT2D eigenvalue weighted by Crippen LogP contribution is -2.41. The van der Waals surface area contributed by atoms with Crippen molar-refractivity contribution >= 4 is 29.2 Å². The zero-order valence-electron chi connectivity index (χ0n) is 14.1. The number of hydrogen-bond acceptors (Lipinski definition) is 4. The predicted octanol–water partition coefficient (Wildman–Crippen LogP) is 2.21. The van der Waals surface area contributed by atoms with E-state index in [1.165, 1.54) is 10.4 Å². The minimum Gasteiger partial charge on any atom is -0.331 e. The summed E-state index contributed by atoms with van der Waals surface area (Å²) in [6.07, 6.45) is 1.38. The molecule has 0 unspecified atom stereocenters. The maximum Gasteiger partial charge on any atom is 0.322 e. The number of imide groups is 1. The lowest BCUT2D eigenvalue weighted by molar-refractivity contribution is -0.133. The summed E-state index contributed by atoms with van der Waals surface area (Å²) in [5.74, 6) is -0.356. The van der Waals surface area contributed by atoms with Crippen LogP contribution in [0.25, 0.3) is 0 Å². The quantitative estimate of drug-likeness (QED) is 0.811. The molecule has 0 aliphatic carbocycles. The molecule has 0 spiro atoms. The third-order valence-corrected chi connectivity index (χ3v) is 5.90. The molecule has 3 heterocycles. The Labute approximate surface area is 155 Å². The molecule has 2 atom stereocenters. The number of urea groups is 1. The molecule has 1 fully saturated rings. The number of benzene rings is 1. The van der Waals surface area contributed by atoms with E-state index in [2.05, 4.69) is 22.1 Å². The van der Waals surface area contributed by atoms with Gasteiger partial charge in [-0.3, -0.25) is 14.9 Å². The molecule has 2 aliphatic rings. The van der Waals surface area contributed by atoms with E-state index in [0.29, 0.717) is 13.0 Å². The van der Waals surface area contributed by atoms with Crippen LogP contribution < -0.4 is 10.6 Å². The Bertz CT molecular complexity index is 849. The van der Waals surface area contributed by atoms with Crippen LogP contribution in [0.2, 0.25) is 0 Å². The number of thiophene rings is 1. The molecule has 1 aromatic heterocycles. The van der Waals surface area contributed by atoms with Crippen LogP contribution in [-0.2, 0) is 16.0 Å². The Hall–Kier alpha value is -2.67. The van der Waals surface area contributed by atoms with Crippen molar-refractivity contribution in [1.82, 2.24) is 15.5 Å². The van der Waals surface area contributed by atoms with Crippen LogP contribution in [0, 0.1) is 0 Å². The maximum absolute atomic E-state index is 12.9. The predicted molar refractivity (Wildman–Crippen MR) is 97.7 cm³/mol. The summed E-state index contributed by atoms with van der Waals surface area (Å²) in [5, 5.41) is 6.83. The van der Waals surface area contributed by atoms with Crippen LogP contribution in [0.3, 0.4) is 0 Å². The third kappa shape index (κ3) is 3.10. The fourth-order valence-corrected chi connectivity index (χ4v) is 4.56. The molecule has 4 amide bonds. The van der Waals surface area contributed by atoms with Gasteiger partial charge in [0.25, 0.3) is 5.91 Å². The van der Waals surface area contributed by atoms with Crippen molar-refractivity contribution in [1.29, 1.82) is 0 Å². The summed E-state index contributed by atoms with van der Waals surface area (Å²) in [6.45, 7) is 0.662. The van der Waals surface area contributed by atoms with Crippen molar-refractivity contribution in [2.75, 3.05) is 6.54 Å². The molecule has 134 valence electrons. The van der Waals surface area contributed by atoms with E-state index in [1.807, 2.05) is 35.2 Å². The van der Waals surface area contributed by atoms with Gasteiger partial charge in [-0.25, -0.2) is 4.79 Å². The lowest BCUT2D eigenvalue weighted by atomic mass is 9.92. The number of fused-ring (bicyclic) bond motifs is 1. The molecule has 4 rings (SSSR count). The summed E-state index contributed by atoms with van der Waals surface area (Å²) < 4.78 is 0. The van der Waals surface area contributed by atoms with E-state index in [9.17, 15) is 14.4 Å². The lowest BCUT2D eigenvalue weighted by Gasteiger charge is -2.36. The minimum absolute atomic E-state index is 0.00431. The van der Waals surface area contributed by atoms with E-state index >= 15 is 0 Å². The summed E-state index contributed by atoms with van der Waals surface area (Å²) >= 11 is 1.73. The smallest absolute Gasteiger partial charge is 0.322 e. The van der Waals surface area contributed by atoms with Gasteiger partial charge < -0.3 is 10.2 Å². The minimum atomic E-state index is -0.622. The zero-order valence-corrected chi connectivity index (χ0v) is 14.9. The molecular formula is C19H19N3O3S. The van der Waals surface area contributed by atoms with Crippen molar-refractivity contribution in [3.05, 3.63) is 57.8 Å². The monoisotopic (exact) mass is 369 g/mol. The Morgan fingerprint density at radius 3 is 2.73 bits per heavy atom. The second-order valence-corrected chi connectivity index (χ2v) is 7.50. The van der Waals surface area contributed by atoms with Gasteiger partial charge in [-0.15, -0.1) is 11.3 Å². The fourth-order valence-electron chi connectivity index (χ4n) is 3.65. The highest BCUT2D eigenvalue weighted by Gasteiger charge is 2.34. The van der Waals surface area contributed by atoms with E-state index in [1.54, 1.807) is 11.3 Å². The van der Waals surface area contributed by atoms with Gasteiger partial charge in [0.05, 0.1) is 6.04 Å². The standard InChI is InChI=1S/C19H19N3O3S/c23-16(7-6-14-18(24)21-19(25)20-14)22-10-8-15-13(9-11-26-15)17(22)12-4-2-1-3-5-12/h1-5,9,11,14,17H,6-8,10H2,(H2,20,21,24,25)/t14-,17-/m1/s1. The van der Waals surface area contributed by atoms with E-state index < -0.39 is 12.1 Å². The zero-order chi connectivity index (χ0) is 18.1. The van der Waals surface area contributed by atoms with Gasteiger partial charge in [0, 0.05) is 17.8 Å². The molecule has 1 aromatic carbocycles. The molecule has 0 bridgehead atoms. The molecule has 26 heavy (non-hydrogen) atoms. The first kappa shape index (κ1) is 16.8. The van der Waals surface area contributed by atoms with Gasteiger partial charge in [0.2, 0.25) is 5.91 Å². The van der Waals surface area contributed by atoms with Crippen molar-refractivity contribution in [3.8, 4) is 0 Å². The van der Waals surface area contributed by atoms with Gasteiger partial charge in [-0.05, 0) is 35.4 Å². The van der Waals surface area contributed by atoms with Crippen molar-refractivity contribution in [3.63, 3.8) is 0 Å². The van der Waals surface area contributed by atoms with Crippen molar-refractivity contribution in [2.24, 2.45) is 0 Å². The van der Waals surface area contributed by atoms with Crippen LogP contribution in [0.15, 0.2) is 41.8 Å². The molecule has 6 nitrogen and oxygen atoms in total. The third-order valence-electron chi connectivity index (χ3n) is 4.91. The average molecular weight is 369 g/mol. The first-order valence-electron chi connectivity index (χ1n) is 8.65. The number of nitrogens with zero attached hydrogens (tertiary/aromatic N) is 1. The van der Waals surface area contributed by atoms with E-state index in [-0.39, 0.29) is 24.3 Å². The molecule has 2 aliphatic heterocycles. The Kier molecular flexibility index (Phi) is 4.46. The summed E-state index contributed by atoms with van der Waals surface area (Å²) in [5.41, 5.74) is 2.28. The highest BCUT2D eigenvalue weighted by molar-refractivity contribution is 7.10. The fraction of sp³-hybridized carbons (Fsp3) is 0.316. The number of rotatable bonds is 4. The Balaban J connectivity index is 1.53. The maximum atomic E-state index is 12.9. The molecule has 2 aromatic rings. The number of carbonyl (C=O) groups is 3. The van der Waals surface area contributed by atoms with Gasteiger partial charge in [0.15, 0.2) is 0 Å². The van der Waals surface area contributed by atoms with Crippen LogP contribution >= 0.6 is 11.3 Å². The van der Waals surface area contributed by atoms with Crippen LogP contribution in [-0.4, -0.2) is 35.3 Å². The molecule has 2 N–H and O–H groups in total. The second kappa shape index (κ2) is 6.92. The Morgan fingerprint density at radius 2 is 2.00 bits per heavy atom. The van der Waals surface area contributed by atoms with Gasteiger partial charge >= 0.3 is 6.03 Å². The summed E-state index contributed by atoms with van der Waals surface area (Å²) in [4.78, 5) is 39.1. The molecule has 0 radical (unpaired) electrons. The van der Waals surface area contributed by atoms with Crippen molar-refractivity contribution < 1.29 is 14.4 Å². The topological polar surface area (TPSA) is 78.5 Å². The van der Waals surface area contributed by atoms with Gasteiger partial charge in [-0.1, -0.05) is 30.3 Å². The van der Waals surface area contributed by atoms with E-state index in [0.717, 1.165) is 12.0 Å². The molecule has 1 saturated heterocycles. The van der Waals surface area contributed by atoms with Gasteiger partial charge in [0.1, 0.15) is 6.04 Å². The van der Waals surface area contributed by atoms with Crippen LogP contribution in [0.4, 0.5) is 4.79 Å². The highest BCUT2D eigenvalue weighted by Crippen LogP contribution is 2.38. The first-order chi connectivity index (χ1) is 12.6. The SMILES string of the molecule is O=C1NC(=O)[C@@H](CCC(=O)N2CCc3sccc3[C@H]2c2ccccc2)N1. The second-order valence-electron chi connectivity index (χ2n) is 6.50. The molecule has 0 saturated carbocycles. The van der Waals surface area contributed by atoms with Crippen LogP contribution in [0.1, 0.15) is 34.9 Å². The van der Waals surface area contributed by atoms with Crippen molar-refractivity contribution in [2.45, 2.75) is 31.3 Å².